The lowest BCUT2D eigenvalue weighted by Crippen LogP contribution is -2.46. The molecule has 0 atom stereocenters. The number of aryl methyl sites for hydroxylation is 1. The van der Waals surface area contributed by atoms with Crippen molar-refractivity contribution in [3.05, 3.63) is 29.6 Å². The van der Waals surface area contributed by atoms with Crippen LogP contribution in [0.1, 0.15) is 29.9 Å². The highest BCUT2D eigenvalue weighted by Crippen LogP contribution is 2.17. The number of nitrogens with zero attached hydrogens (tertiary/aromatic N) is 2. The van der Waals surface area contributed by atoms with E-state index in [-0.39, 0.29) is 11.4 Å². The predicted molar refractivity (Wildman–Crippen MR) is 65.9 cm³/mol. The number of carbonyl (C=O) groups is 1. The first-order chi connectivity index (χ1) is 7.40. The van der Waals surface area contributed by atoms with Crippen LogP contribution in [0, 0.1) is 6.92 Å². The van der Waals surface area contributed by atoms with Crippen molar-refractivity contribution in [2.24, 2.45) is 0 Å². The zero-order chi connectivity index (χ0) is 12.3. The van der Waals surface area contributed by atoms with Gasteiger partial charge in [-0.05, 0) is 32.4 Å². The van der Waals surface area contributed by atoms with E-state index < -0.39 is 0 Å². The Morgan fingerprint density at radius 1 is 1.56 bits per heavy atom. The summed E-state index contributed by atoms with van der Waals surface area (Å²) in [5.74, 6) is 0.296. The van der Waals surface area contributed by atoms with Gasteiger partial charge in [0, 0.05) is 19.1 Å². The number of hydrogen-bond acceptors (Lipinski definition) is 2. The van der Waals surface area contributed by atoms with Crippen LogP contribution in [0.15, 0.2) is 18.3 Å². The van der Waals surface area contributed by atoms with Crippen molar-refractivity contribution < 1.29 is 4.79 Å². The fraction of sp³-hybridized carbons (Fsp3) is 0.500. The minimum absolute atomic E-state index is 0.0937. The van der Waals surface area contributed by atoms with Gasteiger partial charge in [0.15, 0.2) is 0 Å². The number of rotatable bonds is 3. The minimum Gasteiger partial charge on any atom is -0.334 e. The third kappa shape index (κ3) is 2.53. The minimum atomic E-state index is -0.372. The molecule has 0 saturated heterocycles. The molecule has 0 aliphatic carbocycles. The summed E-state index contributed by atoms with van der Waals surface area (Å²) in [6.07, 6.45) is 1.63. The molecule has 0 aliphatic heterocycles. The summed E-state index contributed by atoms with van der Waals surface area (Å²) in [5, 5.41) is 0. The number of pyridine rings is 1. The van der Waals surface area contributed by atoms with Crippen molar-refractivity contribution >= 4 is 17.5 Å². The highest BCUT2D eigenvalue weighted by Gasteiger charge is 2.28. The molecule has 1 heterocycles. The molecule has 1 aromatic rings. The van der Waals surface area contributed by atoms with Gasteiger partial charge in [-0.1, -0.05) is 6.07 Å². The lowest BCUT2D eigenvalue weighted by molar-refractivity contribution is 0.0653. The number of carbonyl (C=O) groups excluding carboxylic acids is 1. The zero-order valence-corrected chi connectivity index (χ0v) is 10.9. The largest absolute Gasteiger partial charge is 0.334 e. The van der Waals surface area contributed by atoms with Gasteiger partial charge in [-0.15, -0.1) is 11.6 Å². The highest BCUT2D eigenvalue weighted by atomic mass is 35.5. The molecule has 88 valence electrons. The first-order valence-electron chi connectivity index (χ1n) is 5.16. The molecule has 1 rings (SSSR count). The molecule has 0 aromatic carbocycles. The third-order valence-corrected chi connectivity index (χ3v) is 3.41. The van der Waals surface area contributed by atoms with Gasteiger partial charge >= 0.3 is 0 Å². The second kappa shape index (κ2) is 4.83. The van der Waals surface area contributed by atoms with Crippen LogP contribution in [-0.2, 0) is 0 Å². The van der Waals surface area contributed by atoms with Gasteiger partial charge < -0.3 is 4.90 Å². The van der Waals surface area contributed by atoms with Gasteiger partial charge in [0.2, 0.25) is 0 Å². The first-order valence-corrected chi connectivity index (χ1v) is 5.69. The summed E-state index contributed by atoms with van der Waals surface area (Å²) in [7, 11) is 1.75. The summed E-state index contributed by atoms with van der Waals surface area (Å²) in [6, 6.07) is 3.70. The summed E-state index contributed by atoms with van der Waals surface area (Å²) >= 11 is 5.85. The van der Waals surface area contributed by atoms with Crippen LogP contribution in [-0.4, -0.2) is 34.3 Å². The summed E-state index contributed by atoms with van der Waals surface area (Å²) in [4.78, 5) is 17.9. The molecule has 0 saturated carbocycles. The standard InChI is InChI=1S/C12H17ClN2O/c1-9-6-5-7-14-10(9)11(16)15(4)12(2,3)8-13/h5-7H,8H2,1-4H3. The molecule has 0 fully saturated rings. The average Bonchev–Trinajstić information content (AvgIpc) is 2.27. The Morgan fingerprint density at radius 2 is 2.19 bits per heavy atom. The van der Waals surface area contributed by atoms with Gasteiger partial charge in [0.25, 0.3) is 5.91 Å². The lowest BCUT2D eigenvalue weighted by Gasteiger charge is -2.33. The van der Waals surface area contributed by atoms with Crippen LogP contribution in [0.5, 0.6) is 0 Å². The Morgan fingerprint density at radius 3 is 2.69 bits per heavy atom. The van der Waals surface area contributed by atoms with E-state index in [0.29, 0.717) is 11.6 Å². The monoisotopic (exact) mass is 240 g/mol. The van der Waals surface area contributed by atoms with Crippen molar-refractivity contribution in [3.63, 3.8) is 0 Å². The molecule has 0 N–H and O–H groups in total. The van der Waals surface area contributed by atoms with E-state index in [0.717, 1.165) is 5.56 Å². The van der Waals surface area contributed by atoms with Crippen molar-refractivity contribution in [2.75, 3.05) is 12.9 Å². The maximum Gasteiger partial charge on any atom is 0.272 e. The highest BCUT2D eigenvalue weighted by molar-refractivity contribution is 6.18. The Balaban J connectivity index is 3.00. The van der Waals surface area contributed by atoms with Crippen LogP contribution in [0.3, 0.4) is 0 Å². The van der Waals surface area contributed by atoms with Crippen molar-refractivity contribution in [3.8, 4) is 0 Å². The van der Waals surface area contributed by atoms with Crippen molar-refractivity contribution in [2.45, 2.75) is 26.3 Å². The molecule has 1 amide bonds. The van der Waals surface area contributed by atoms with Crippen LogP contribution < -0.4 is 0 Å². The molecule has 0 spiro atoms. The average molecular weight is 241 g/mol. The summed E-state index contributed by atoms with van der Waals surface area (Å²) < 4.78 is 0. The Kier molecular flexibility index (Phi) is 3.92. The Bertz CT molecular complexity index is 390. The zero-order valence-electron chi connectivity index (χ0n) is 10.1. The number of halogens is 1. The molecule has 1 aromatic heterocycles. The normalized spacial score (nSPS) is 11.3. The van der Waals surface area contributed by atoms with Gasteiger partial charge in [-0.25, -0.2) is 0 Å². The molecular weight excluding hydrogens is 224 g/mol. The third-order valence-electron chi connectivity index (χ3n) is 2.75. The maximum atomic E-state index is 12.2. The molecule has 0 bridgehead atoms. The predicted octanol–water partition coefficient (Wildman–Crippen LogP) is 2.48. The van der Waals surface area contributed by atoms with E-state index in [1.165, 1.54) is 0 Å². The fourth-order valence-corrected chi connectivity index (χ4v) is 1.41. The van der Waals surface area contributed by atoms with E-state index >= 15 is 0 Å². The molecule has 4 heteroatoms. The molecule has 16 heavy (non-hydrogen) atoms. The van der Waals surface area contributed by atoms with Crippen LogP contribution in [0.25, 0.3) is 0 Å². The Labute approximate surface area is 101 Å². The fourth-order valence-electron chi connectivity index (χ4n) is 1.23. The molecule has 0 radical (unpaired) electrons. The topological polar surface area (TPSA) is 33.2 Å². The quantitative estimate of drug-likeness (QED) is 0.761. The SMILES string of the molecule is Cc1cccnc1C(=O)N(C)C(C)(C)CCl. The van der Waals surface area contributed by atoms with Gasteiger partial charge in [0.1, 0.15) is 5.69 Å². The number of alkyl halides is 1. The maximum absolute atomic E-state index is 12.2. The smallest absolute Gasteiger partial charge is 0.272 e. The molecule has 3 nitrogen and oxygen atoms in total. The van der Waals surface area contributed by atoms with E-state index in [1.54, 1.807) is 18.1 Å². The molecular formula is C12H17ClN2O. The van der Waals surface area contributed by atoms with E-state index in [1.807, 2.05) is 32.9 Å². The second-order valence-electron chi connectivity index (χ2n) is 4.48. The lowest BCUT2D eigenvalue weighted by atomic mass is 10.1. The van der Waals surface area contributed by atoms with E-state index in [4.69, 9.17) is 11.6 Å². The van der Waals surface area contributed by atoms with Crippen LogP contribution in [0.2, 0.25) is 0 Å². The van der Waals surface area contributed by atoms with Crippen molar-refractivity contribution in [1.29, 1.82) is 0 Å². The van der Waals surface area contributed by atoms with E-state index in [9.17, 15) is 4.79 Å². The Hall–Kier alpha value is -1.09. The van der Waals surface area contributed by atoms with Gasteiger partial charge in [0.05, 0.1) is 5.54 Å². The number of aromatic nitrogens is 1. The number of hydrogen-bond donors (Lipinski definition) is 0. The van der Waals surface area contributed by atoms with Gasteiger partial charge in [-0.2, -0.15) is 0 Å². The summed E-state index contributed by atoms with van der Waals surface area (Å²) in [5.41, 5.74) is 0.996. The van der Waals surface area contributed by atoms with Gasteiger partial charge in [-0.3, -0.25) is 9.78 Å². The summed E-state index contributed by atoms with van der Waals surface area (Å²) in [6.45, 7) is 5.73. The first kappa shape index (κ1) is 13.0. The van der Waals surface area contributed by atoms with Crippen LogP contribution in [0.4, 0.5) is 0 Å². The van der Waals surface area contributed by atoms with E-state index in [2.05, 4.69) is 4.98 Å². The second-order valence-corrected chi connectivity index (χ2v) is 4.75. The number of amides is 1. The molecule has 0 unspecified atom stereocenters. The van der Waals surface area contributed by atoms with Crippen LogP contribution >= 0.6 is 11.6 Å². The molecule has 0 aliphatic rings. The van der Waals surface area contributed by atoms with Crippen molar-refractivity contribution in [1.82, 2.24) is 9.88 Å².